The summed E-state index contributed by atoms with van der Waals surface area (Å²) in [5.74, 6) is 0. The van der Waals surface area contributed by atoms with Gasteiger partial charge in [0.25, 0.3) is 0 Å². The third-order valence-electron chi connectivity index (χ3n) is 1.80. The van der Waals surface area contributed by atoms with Crippen molar-refractivity contribution in [2.75, 3.05) is 0 Å². The number of hydrogen-bond donors (Lipinski definition) is 2. The summed E-state index contributed by atoms with van der Waals surface area (Å²) in [6.07, 6.45) is -0.687. The lowest BCUT2D eigenvalue weighted by Gasteiger charge is -2.16. The van der Waals surface area contributed by atoms with E-state index in [2.05, 4.69) is 15.9 Å². The van der Waals surface area contributed by atoms with Gasteiger partial charge in [-0.15, -0.1) is 0 Å². The Balaban J connectivity index is 3.07. The van der Waals surface area contributed by atoms with Gasteiger partial charge in [0, 0.05) is 10.5 Å². The number of nitrogens with two attached hydrogens (primary N) is 1. The Labute approximate surface area is 90.8 Å². The first-order valence-electron chi connectivity index (χ1n) is 3.91. The quantitative estimate of drug-likeness (QED) is 0.862. The van der Waals surface area contributed by atoms with Crippen LogP contribution in [0.15, 0.2) is 22.7 Å². The smallest absolute Gasteiger partial charge is 0.0949 e. The molecule has 0 fully saturated rings. The molecule has 4 heteroatoms. The second-order valence-corrected chi connectivity index (χ2v) is 4.15. The Kier molecular flexibility index (Phi) is 3.74. The van der Waals surface area contributed by atoms with E-state index in [-0.39, 0.29) is 6.04 Å². The van der Waals surface area contributed by atoms with Gasteiger partial charge in [-0.3, -0.25) is 0 Å². The molecule has 1 rings (SSSR count). The van der Waals surface area contributed by atoms with Crippen LogP contribution in [0.3, 0.4) is 0 Å². The fourth-order valence-electron chi connectivity index (χ4n) is 1.03. The van der Waals surface area contributed by atoms with Crippen molar-refractivity contribution in [1.29, 1.82) is 0 Å². The molecule has 1 aromatic carbocycles. The Morgan fingerprint density at radius 2 is 2.15 bits per heavy atom. The predicted octanol–water partition coefficient (Wildman–Crippen LogP) is 2.48. The molecule has 0 aromatic heterocycles. The SMILES string of the molecule is CC(N)C(O)c1cccc(Cl)c1Br. The van der Waals surface area contributed by atoms with Crippen molar-refractivity contribution in [3.8, 4) is 0 Å². The van der Waals surface area contributed by atoms with Gasteiger partial charge in [-0.2, -0.15) is 0 Å². The number of rotatable bonds is 2. The zero-order valence-corrected chi connectivity index (χ0v) is 9.51. The first-order valence-corrected chi connectivity index (χ1v) is 5.08. The highest BCUT2D eigenvalue weighted by Gasteiger charge is 2.16. The van der Waals surface area contributed by atoms with Crippen LogP contribution in [0.2, 0.25) is 5.02 Å². The number of aliphatic hydroxyl groups excluding tert-OH is 1. The van der Waals surface area contributed by atoms with E-state index < -0.39 is 6.10 Å². The second kappa shape index (κ2) is 4.42. The van der Waals surface area contributed by atoms with Crippen molar-refractivity contribution in [2.24, 2.45) is 5.73 Å². The molecule has 2 nitrogen and oxygen atoms in total. The molecule has 1 aromatic rings. The number of aliphatic hydroxyl groups is 1. The van der Waals surface area contributed by atoms with Crippen LogP contribution in [-0.2, 0) is 0 Å². The molecule has 2 atom stereocenters. The molecule has 0 aliphatic carbocycles. The maximum atomic E-state index is 9.69. The summed E-state index contributed by atoms with van der Waals surface area (Å²) in [4.78, 5) is 0. The Morgan fingerprint density at radius 3 is 2.69 bits per heavy atom. The van der Waals surface area contributed by atoms with E-state index in [1.54, 1.807) is 25.1 Å². The molecule has 72 valence electrons. The van der Waals surface area contributed by atoms with Crippen molar-refractivity contribution < 1.29 is 5.11 Å². The van der Waals surface area contributed by atoms with Gasteiger partial charge in [-0.25, -0.2) is 0 Å². The zero-order chi connectivity index (χ0) is 10.0. The number of benzene rings is 1. The lowest BCUT2D eigenvalue weighted by Crippen LogP contribution is -2.24. The molecule has 0 aliphatic heterocycles. The third kappa shape index (κ3) is 2.44. The average molecular weight is 265 g/mol. The number of halogens is 2. The Hall–Kier alpha value is -0.0900. The van der Waals surface area contributed by atoms with Crippen molar-refractivity contribution in [3.63, 3.8) is 0 Å². The fourth-order valence-corrected chi connectivity index (χ4v) is 1.71. The van der Waals surface area contributed by atoms with Crippen molar-refractivity contribution in [3.05, 3.63) is 33.3 Å². The van der Waals surface area contributed by atoms with Crippen molar-refractivity contribution in [1.82, 2.24) is 0 Å². The lowest BCUT2D eigenvalue weighted by atomic mass is 10.0. The summed E-state index contributed by atoms with van der Waals surface area (Å²) in [6, 6.07) is 5.02. The molecule has 0 heterocycles. The van der Waals surface area contributed by atoms with Crippen LogP contribution in [0.4, 0.5) is 0 Å². The van der Waals surface area contributed by atoms with Gasteiger partial charge in [0.05, 0.1) is 11.1 Å². The van der Waals surface area contributed by atoms with Gasteiger partial charge in [-0.1, -0.05) is 23.7 Å². The minimum absolute atomic E-state index is 0.310. The van der Waals surface area contributed by atoms with Gasteiger partial charge in [-0.05, 0) is 34.5 Å². The van der Waals surface area contributed by atoms with Crippen LogP contribution >= 0.6 is 27.5 Å². The molecular formula is C9H11BrClNO. The second-order valence-electron chi connectivity index (χ2n) is 2.95. The fraction of sp³-hybridized carbons (Fsp3) is 0.333. The highest BCUT2D eigenvalue weighted by Crippen LogP contribution is 2.31. The van der Waals surface area contributed by atoms with Gasteiger partial charge in [0.15, 0.2) is 0 Å². The van der Waals surface area contributed by atoms with E-state index >= 15 is 0 Å². The van der Waals surface area contributed by atoms with Crippen LogP contribution in [0.1, 0.15) is 18.6 Å². The molecule has 0 saturated carbocycles. The molecule has 0 radical (unpaired) electrons. The maximum absolute atomic E-state index is 9.69. The molecule has 0 saturated heterocycles. The molecule has 2 unspecified atom stereocenters. The van der Waals surface area contributed by atoms with Gasteiger partial charge in [0.1, 0.15) is 0 Å². The molecule has 0 amide bonds. The van der Waals surface area contributed by atoms with Crippen molar-refractivity contribution in [2.45, 2.75) is 19.1 Å². The Bertz CT molecular complexity index is 304. The van der Waals surface area contributed by atoms with E-state index in [9.17, 15) is 5.11 Å². The standard InChI is InChI=1S/C9H11BrClNO/c1-5(12)9(13)6-3-2-4-7(11)8(6)10/h2-5,9,13H,12H2,1H3. The average Bonchev–Trinajstić information content (AvgIpc) is 2.08. The number of hydrogen-bond acceptors (Lipinski definition) is 2. The lowest BCUT2D eigenvalue weighted by molar-refractivity contribution is 0.152. The van der Waals surface area contributed by atoms with E-state index in [4.69, 9.17) is 17.3 Å². The summed E-state index contributed by atoms with van der Waals surface area (Å²) >= 11 is 9.17. The van der Waals surface area contributed by atoms with E-state index in [1.807, 2.05) is 0 Å². The van der Waals surface area contributed by atoms with E-state index in [1.165, 1.54) is 0 Å². The van der Waals surface area contributed by atoms with Crippen LogP contribution < -0.4 is 5.73 Å². The normalized spacial score (nSPS) is 15.5. The molecule has 0 spiro atoms. The largest absolute Gasteiger partial charge is 0.387 e. The summed E-state index contributed by atoms with van der Waals surface area (Å²) in [5, 5.41) is 10.3. The van der Waals surface area contributed by atoms with Crippen molar-refractivity contribution >= 4 is 27.5 Å². The molecule has 0 aliphatic rings. The van der Waals surface area contributed by atoms with Gasteiger partial charge < -0.3 is 10.8 Å². The minimum atomic E-state index is -0.687. The first kappa shape index (κ1) is 11.0. The summed E-state index contributed by atoms with van der Waals surface area (Å²) in [5.41, 5.74) is 6.30. The first-order chi connectivity index (χ1) is 6.04. The highest BCUT2D eigenvalue weighted by molar-refractivity contribution is 9.10. The molecule has 13 heavy (non-hydrogen) atoms. The monoisotopic (exact) mass is 263 g/mol. The molecular weight excluding hydrogens is 253 g/mol. The maximum Gasteiger partial charge on any atom is 0.0949 e. The van der Waals surface area contributed by atoms with Gasteiger partial charge in [0.2, 0.25) is 0 Å². The topological polar surface area (TPSA) is 46.2 Å². The highest BCUT2D eigenvalue weighted by atomic mass is 79.9. The summed E-state index contributed by atoms with van der Waals surface area (Å²) in [6.45, 7) is 1.75. The predicted molar refractivity (Wildman–Crippen MR) is 57.8 cm³/mol. The zero-order valence-electron chi connectivity index (χ0n) is 7.17. The van der Waals surface area contributed by atoms with Crippen LogP contribution in [-0.4, -0.2) is 11.1 Å². The third-order valence-corrected chi connectivity index (χ3v) is 3.23. The summed E-state index contributed by atoms with van der Waals surface area (Å²) in [7, 11) is 0. The summed E-state index contributed by atoms with van der Waals surface area (Å²) < 4.78 is 0.710. The van der Waals surface area contributed by atoms with Gasteiger partial charge >= 0.3 is 0 Å². The molecule has 3 N–H and O–H groups in total. The minimum Gasteiger partial charge on any atom is -0.387 e. The van der Waals surface area contributed by atoms with Crippen LogP contribution in [0.25, 0.3) is 0 Å². The van der Waals surface area contributed by atoms with E-state index in [0.717, 1.165) is 5.56 Å². The molecule has 0 bridgehead atoms. The van der Waals surface area contributed by atoms with Crippen LogP contribution in [0.5, 0.6) is 0 Å². The van der Waals surface area contributed by atoms with E-state index in [0.29, 0.717) is 9.50 Å². The Morgan fingerprint density at radius 1 is 1.54 bits per heavy atom. The van der Waals surface area contributed by atoms with Crippen LogP contribution in [0, 0.1) is 0 Å².